The molecular formula is C22H24FN5O2S. The Morgan fingerprint density at radius 1 is 1.16 bits per heavy atom. The zero-order valence-corrected chi connectivity index (χ0v) is 18.4. The number of halogens is 1. The summed E-state index contributed by atoms with van der Waals surface area (Å²) in [6, 6.07) is 13.0. The number of hydrogen-bond donors (Lipinski definition) is 2. The van der Waals surface area contributed by atoms with Crippen molar-refractivity contribution in [1.29, 1.82) is 0 Å². The molecule has 0 fully saturated rings. The van der Waals surface area contributed by atoms with Gasteiger partial charge in [0.1, 0.15) is 5.82 Å². The van der Waals surface area contributed by atoms with E-state index in [1.807, 2.05) is 43.5 Å². The highest BCUT2D eigenvalue weighted by atomic mass is 32.2. The van der Waals surface area contributed by atoms with Gasteiger partial charge in [-0.15, -0.1) is 10.2 Å². The summed E-state index contributed by atoms with van der Waals surface area (Å²) in [5, 5.41) is 14.4. The van der Waals surface area contributed by atoms with E-state index in [4.69, 9.17) is 0 Å². The zero-order valence-electron chi connectivity index (χ0n) is 17.6. The molecule has 0 saturated heterocycles. The number of hydrogen-bond acceptors (Lipinski definition) is 5. The van der Waals surface area contributed by atoms with Crippen LogP contribution in [0.4, 0.5) is 10.1 Å². The average molecular weight is 442 g/mol. The van der Waals surface area contributed by atoms with Gasteiger partial charge in [-0.3, -0.25) is 9.59 Å². The third-order valence-electron chi connectivity index (χ3n) is 4.56. The maximum absolute atomic E-state index is 13.7. The molecule has 0 unspecified atom stereocenters. The van der Waals surface area contributed by atoms with E-state index in [-0.39, 0.29) is 29.3 Å². The predicted octanol–water partition coefficient (Wildman–Crippen LogP) is 3.97. The van der Waals surface area contributed by atoms with Gasteiger partial charge in [-0.25, -0.2) is 4.39 Å². The van der Waals surface area contributed by atoms with Gasteiger partial charge < -0.3 is 15.2 Å². The highest BCUT2D eigenvalue weighted by Crippen LogP contribution is 2.21. The number of nitrogens with zero attached hydrogens (tertiary/aromatic N) is 3. The Hall–Kier alpha value is -3.20. The van der Waals surface area contributed by atoms with E-state index in [0.717, 1.165) is 5.56 Å². The second-order valence-corrected chi connectivity index (χ2v) is 7.91. The first-order chi connectivity index (χ1) is 14.9. The maximum atomic E-state index is 13.7. The van der Waals surface area contributed by atoms with Crippen molar-refractivity contribution < 1.29 is 14.0 Å². The van der Waals surface area contributed by atoms with Crippen molar-refractivity contribution in [3.8, 4) is 0 Å². The lowest BCUT2D eigenvalue weighted by Crippen LogP contribution is -2.28. The van der Waals surface area contributed by atoms with Gasteiger partial charge in [0.05, 0.1) is 17.5 Å². The second kappa shape index (κ2) is 10.2. The molecule has 0 radical (unpaired) electrons. The van der Waals surface area contributed by atoms with Crippen LogP contribution in [0.15, 0.2) is 53.7 Å². The highest BCUT2D eigenvalue weighted by molar-refractivity contribution is 7.99. The number of para-hydroxylation sites is 1. The molecule has 2 amide bonds. The topological polar surface area (TPSA) is 88.9 Å². The van der Waals surface area contributed by atoms with E-state index in [0.29, 0.717) is 23.1 Å². The van der Waals surface area contributed by atoms with E-state index in [2.05, 4.69) is 20.8 Å². The number of amides is 2. The van der Waals surface area contributed by atoms with Crippen LogP contribution >= 0.6 is 11.8 Å². The van der Waals surface area contributed by atoms with Gasteiger partial charge in [-0.05, 0) is 45.0 Å². The largest absolute Gasteiger partial charge is 0.342 e. The summed E-state index contributed by atoms with van der Waals surface area (Å²) in [6.07, 6.45) is 0. The minimum absolute atomic E-state index is 0.0521. The Labute approximate surface area is 184 Å². The minimum atomic E-state index is -0.488. The lowest BCUT2D eigenvalue weighted by molar-refractivity contribution is -0.113. The van der Waals surface area contributed by atoms with Gasteiger partial charge in [-0.1, -0.05) is 41.6 Å². The summed E-state index contributed by atoms with van der Waals surface area (Å²) in [7, 11) is 0. The van der Waals surface area contributed by atoms with Crippen molar-refractivity contribution in [2.75, 3.05) is 11.1 Å². The van der Waals surface area contributed by atoms with E-state index in [9.17, 15) is 14.0 Å². The summed E-state index contributed by atoms with van der Waals surface area (Å²) in [5.74, 6) is -0.377. The number of carbonyl (C=O) groups is 2. The smallest absolute Gasteiger partial charge is 0.251 e. The Morgan fingerprint density at radius 3 is 2.65 bits per heavy atom. The molecule has 9 heteroatoms. The van der Waals surface area contributed by atoms with Gasteiger partial charge in [0, 0.05) is 12.1 Å². The van der Waals surface area contributed by atoms with Crippen LogP contribution in [0.5, 0.6) is 0 Å². The van der Waals surface area contributed by atoms with Crippen LogP contribution in [0.2, 0.25) is 0 Å². The normalized spacial score (nSPS) is 11.7. The Bertz CT molecular complexity index is 1090. The summed E-state index contributed by atoms with van der Waals surface area (Å²) in [5.41, 5.74) is 1.72. The molecule has 1 atom stereocenters. The average Bonchev–Trinajstić information content (AvgIpc) is 3.17. The first kappa shape index (κ1) is 22.5. The Morgan fingerprint density at radius 2 is 1.94 bits per heavy atom. The fraction of sp³-hybridized carbons (Fsp3) is 0.273. The summed E-state index contributed by atoms with van der Waals surface area (Å²) < 4.78 is 15.5. The molecule has 0 bridgehead atoms. The predicted molar refractivity (Wildman–Crippen MR) is 119 cm³/mol. The van der Waals surface area contributed by atoms with Crippen LogP contribution in [-0.4, -0.2) is 32.3 Å². The number of aromatic nitrogens is 3. The number of rotatable bonds is 8. The minimum Gasteiger partial charge on any atom is -0.342 e. The first-order valence-corrected chi connectivity index (χ1v) is 10.9. The van der Waals surface area contributed by atoms with Crippen LogP contribution in [0, 0.1) is 12.7 Å². The first-order valence-electron chi connectivity index (χ1n) is 9.86. The molecular weight excluding hydrogens is 417 g/mol. The molecule has 3 aromatic rings. The van der Waals surface area contributed by atoms with Crippen molar-refractivity contribution in [2.24, 2.45) is 0 Å². The Balaban J connectivity index is 1.63. The van der Waals surface area contributed by atoms with Gasteiger partial charge in [0.25, 0.3) is 5.91 Å². The zero-order chi connectivity index (χ0) is 22.4. The molecule has 0 aliphatic rings. The van der Waals surface area contributed by atoms with Crippen LogP contribution < -0.4 is 10.6 Å². The maximum Gasteiger partial charge on any atom is 0.251 e. The summed E-state index contributed by atoms with van der Waals surface area (Å²) in [4.78, 5) is 24.7. The third-order valence-corrected chi connectivity index (χ3v) is 5.52. The van der Waals surface area contributed by atoms with Gasteiger partial charge in [-0.2, -0.15) is 0 Å². The van der Waals surface area contributed by atoms with Crippen molar-refractivity contribution >= 4 is 29.3 Å². The van der Waals surface area contributed by atoms with Crippen molar-refractivity contribution in [2.45, 2.75) is 38.5 Å². The third kappa shape index (κ3) is 5.69. The SMILES string of the molecule is CCn1c(SCC(=O)Nc2ccccc2F)nnc1[C@H](C)NC(=O)c1cccc(C)c1. The molecule has 1 aromatic heterocycles. The van der Waals surface area contributed by atoms with E-state index in [1.54, 1.807) is 18.2 Å². The fourth-order valence-electron chi connectivity index (χ4n) is 3.03. The van der Waals surface area contributed by atoms with Gasteiger partial charge >= 0.3 is 0 Å². The molecule has 2 N–H and O–H groups in total. The van der Waals surface area contributed by atoms with E-state index >= 15 is 0 Å². The molecule has 162 valence electrons. The molecule has 2 aromatic carbocycles. The molecule has 3 rings (SSSR count). The monoisotopic (exact) mass is 441 g/mol. The quantitative estimate of drug-likeness (QED) is 0.517. The molecule has 0 spiro atoms. The van der Waals surface area contributed by atoms with Crippen molar-refractivity contribution in [3.63, 3.8) is 0 Å². The molecule has 0 aliphatic heterocycles. The van der Waals surface area contributed by atoms with Crippen LogP contribution in [0.3, 0.4) is 0 Å². The Kier molecular flexibility index (Phi) is 7.41. The van der Waals surface area contributed by atoms with Crippen LogP contribution in [0.1, 0.15) is 41.6 Å². The summed E-state index contributed by atoms with van der Waals surface area (Å²) >= 11 is 1.20. The standard InChI is InChI=1S/C22H24FN5O2S/c1-4-28-20(15(3)24-21(30)16-9-7-8-14(2)12-16)26-27-22(28)31-13-19(29)25-18-11-6-5-10-17(18)23/h5-12,15H,4,13H2,1-3H3,(H,24,30)(H,25,29)/t15-/m0/s1. The summed E-state index contributed by atoms with van der Waals surface area (Å²) in [6.45, 7) is 6.28. The second-order valence-electron chi connectivity index (χ2n) is 6.97. The lowest BCUT2D eigenvalue weighted by Gasteiger charge is -2.15. The number of anilines is 1. The van der Waals surface area contributed by atoms with E-state index < -0.39 is 5.82 Å². The molecule has 0 saturated carbocycles. The number of thioether (sulfide) groups is 1. The van der Waals surface area contributed by atoms with Crippen LogP contribution in [0.25, 0.3) is 0 Å². The van der Waals surface area contributed by atoms with E-state index in [1.165, 1.54) is 23.9 Å². The number of carbonyl (C=O) groups excluding carboxylic acids is 2. The van der Waals surface area contributed by atoms with Crippen molar-refractivity contribution in [3.05, 3.63) is 71.3 Å². The lowest BCUT2D eigenvalue weighted by atomic mass is 10.1. The van der Waals surface area contributed by atoms with Crippen LogP contribution in [-0.2, 0) is 11.3 Å². The van der Waals surface area contributed by atoms with Gasteiger partial charge in [0.15, 0.2) is 11.0 Å². The molecule has 31 heavy (non-hydrogen) atoms. The highest BCUT2D eigenvalue weighted by Gasteiger charge is 2.20. The number of nitrogens with one attached hydrogen (secondary N) is 2. The number of benzene rings is 2. The van der Waals surface area contributed by atoms with Crippen molar-refractivity contribution in [1.82, 2.24) is 20.1 Å². The molecule has 7 nitrogen and oxygen atoms in total. The molecule has 0 aliphatic carbocycles. The fourth-order valence-corrected chi connectivity index (χ4v) is 3.84. The molecule has 1 heterocycles. The number of aryl methyl sites for hydroxylation is 1. The van der Waals surface area contributed by atoms with Gasteiger partial charge in [0.2, 0.25) is 5.91 Å².